The fourth-order valence-electron chi connectivity index (χ4n) is 6.80. The van der Waals surface area contributed by atoms with Gasteiger partial charge in [0.05, 0.1) is 11.0 Å². The molecule has 204 valence electrons. The van der Waals surface area contributed by atoms with E-state index in [9.17, 15) is 19.5 Å². The third kappa shape index (κ3) is 4.14. The van der Waals surface area contributed by atoms with Crippen LogP contribution in [0, 0.1) is 22.2 Å². The van der Waals surface area contributed by atoms with Crippen LogP contribution in [0.2, 0.25) is 0 Å². The van der Waals surface area contributed by atoms with E-state index in [0.717, 1.165) is 12.0 Å². The van der Waals surface area contributed by atoms with Crippen LogP contribution in [0.1, 0.15) is 91.4 Å². The number of rotatable bonds is 7. The van der Waals surface area contributed by atoms with Crippen LogP contribution in [-0.4, -0.2) is 34.2 Å². The van der Waals surface area contributed by atoms with Gasteiger partial charge in [0.1, 0.15) is 22.9 Å². The molecule has 1 aliphatic heterocycles. The van der Waals surface area contributed by atoms with Crippen molar-refractivity contribution >= 4 is 17.3 Å². The molecule has 1 aromatic carbocycles. The minimum atomic E-state index is -1.41. The van der Waals surface area contributed by atoms with Gasteiger partial charge >= 0.3 is 0 Å². The Kier molecular flexibility index (Phi) is 7.01. The third-order valence-corrected chi connectivity index (χ3v) is 9.29. The molecule has 5 heteroatoms. The van der Waals surface area contributed by atoms with E-state index in [1.54, 1.807) is 38.1 Å². The molecule has 1 heterocycles. The monoisotopic (exact) mass is 518 g/mol. The lowest BCUT2D eigenvalue weighted by molar-refractivity contribution is -0.169. The van der Waals surface area contributed by atoms with Crippen LogP contribution in [0.5, 0.6) is 0 Å². The fourth-order valence-corrected chi connectivity index (χ4v) is 6.80. The van der Waals surface area contributed by atoms with Gasteiger partial charge < -0.3 is 9.84 Å². The molecular formula is C33H42O5. The summed E-state index contributed by atoms with van der Waals surface area (Å²) in [4.78, 5) is 43.7. The number of carbonyl (C=O) groups excluding carboxylic acids is 3. The van der Waals surface area contributed by atoms with Crippen LogP contribution < -0.4 is 0 Å². The molecule has 2 aliphatic carbocycles. The summed E-state index contributed by atoms with van der Waals surface area (Å²) in [5.74, 6) is -0.838. The van der Waals surface area contributed by atoms with Gasteiger partial charge in [0.25, 0.3) is 0 Å². The summed E-state index contributed by atoms with van der Waals surface area (Å²) in [6.45, 7) is 15.4. The lowest BCUT2D eigenvalue weighted by Crippen LogP contribution is -2.66. The number of hydrogen-bond acceptors (Lipinski definition) is 5. The van der Waals surface area contributed by atoms with Gasteiger partial charge in [-0.25, -0.2) is 0 Å². The van der Waals surface area contributed by atoms with E-state index in [1.165, 1.54) is 5.57 Å². The Bertz CT molecular complexity index is 1250. The standard InChI is InChI=1S/C33H42O5/c1-20(2)14-15-23-18-32-19-24(31(7,8)37)38-28(32)25(26(34)22-12-10-9-11-13-22)27(35)33(29(32)36,30(23,5)6)17-16-21(3)4/h9-14,16,23-24,37H,15,17-19H2,1-8H3/t23-,24+,32-,33-/m1/s1. The minimum absolute atomic E-state index is 0.00264. The Morgan fingerprint density at radius 3 is 2.18 bits per heavy atom. The quantitative estimate of drug-likeness (QED) is 0.191. The van der Waals surface area contributed by atoms with Crippen molar-refractivity contribution in [1.82, 2.24) is 0 Å². The summed E-state index contributed by atoms with van der Waals surface area (Å²) in [6, 6.07) is 8.73. The summed E-state index contributed by atoms with van der Waals surface area (Å²) in [7, 11) is 0. The van der Waals surface area contributed by atoms with Gasteiger partial charge in [-0.3, -0.25) is 14.4 Å². The van der Waals surface area contributed by atoms with Crippen LogP contribution in [0.3, 0.4) is 0 Å². The number of aliphatic hydroxyl groups is 1. The molecule has 4 rings (SSSR count). The maximum atomic E-state index is 14.9. The van der Waals surface area contributed by atoms with Gasteiger partial charge in [0, 0.05) is 12.0 Å². The molecule has 1 spiro atoms. The molecule has 1 aromatic rings. The van der Waals surface area contributed by atoms with Crippen molar-refractivity contribution in [2.45, 2.75) is 92.8 Å². The number of ether oxygens (including phenoxy) is 1. The van der Waals surface area contributed by atoms with Gasteiger partial charge in [-0.2, -0.15) is 0 Å². The molecule has 0 unspecified atom stereocenters. The Morgan fingerprint density at radius 2 is 1.63 bits per heavy atom. The zero-order chi connectivity index (χ0) is 28.3. The van der Waals surface area contributed by atoms with Crippen LogP contribution in [0.25, 0.3) is 0 Å². The molecule has 3 aliphatic rings. The lowest BCUT2D eigenvalue weighted by atomic mass is 9.40. The van der Waals surface area contributed by atoms with Crippen molar-refractivity contribution in [2.24, 2.45) is 22.2 Å². The van der Waals surface area contributed by atoms with Gasteiger partial charge in [-0.05, 0) is 72.1 Å². The molecule has 2 bridgehead atoms. The first-order valence-corrected chi connectivity index (χ1v) is 13.7. The summed E-state index contributed by atoms with van der Waals surface area (Å²) < 4.78 is 6.35. The number of benzene rings is 1. The molecule has 1 saturated carbocycles. The molecule has 38 heavy (non-hydrogen) atoms. The zero-order valence-corrected chi connectivity index (χ0v) is 24.1. The average molecular weight is 519 g/mol. The summed E-state index contributed by atoms with van der Waals surface area (Å²) in [6.07, 6.45) is 5.11. The smallest absolute Gasteiger partial charge is 0.200 e. The summed E-state index contributed by atoms with van der Waals surface area (Å²) in [5.41, 5.74) is -1.96. The topological polar surface area (TPSA) is 80.7 Å². The Hall–Kier alpha value is -2.79. The maximum absolute atomic E-state index is 14.9. The van der Waals surface area contributed by atoms with E-state index in [0.29, 0.717) is 12.0 Å². The zero-order valence-electron chi connectivity index (χ0n) is 24.1. The number of Topliss-reactive ketones (excluding diaryl/α,β-unsaturated/α-hetero) is 3. The van der Waals surface area contributed by atoms with E-state index >= 15 is 0 Å². The number of carbonyl (C=O) groups is 3. The first-order chi connectivity index (χ1) is 17.6. The van der Waals surface area contributed by atoms with E-state index in [1.807, 2.05) is 39.8 Å². The SMILES string of the molecule is CC(C)=CC[C@@H]1C[C@@]23C[C@@H](C(C)(C)O)OC2=C(C(=O)c2ccccc2)C(=O)[C@](CC=C(C)C)(C3=O)C1(C)C. The van der Waals surface area contributed by atoms with Crippen LogP contribution in [-0.2, 0) is 14.3 Å². The highest BCUT2D eigenvalue weighted by Gasteiger charge is 2.75. The van der Waals surface area contributed by atoms with Crippen molar-refractivity contribution in [3.8, 4) is 0 Å². The van der Waals surface area contributed by atoms with E-state index in [4.69, 9.17) is 4.74 Å². The molecule has 0 aromatic heterocycles. The molecule has 0 amide bonds. The fraction of sp³-hybridized carbons (Fsp3) is 0.545. The highest BCUT2D eigenvalue weighted by atomic mass is 16.5. The second-order valence-electron chi connectivity index (χ2n) is 13.1. The van der Waals surface area contributed by atoms with Crippen LogP contribution >= 0.6 is 0 Å². The predicted octanol–water partition coefficient (Wildman–Crippen LogP) is 6.57. The van der Waals surface area contributed by atoms with E-state index in [-0.39, 0.29) is 35.9 Å². The Balaban J connectivity index is 2.06. The van der Waals surface area contributed by atoms with E-state index in [2.05, 4.69) is 19.9 Å². The third-order valence-electron chi connectivity index (χ3n) is 9.29. The van der Waals surface area contributed by atoms with Crippen molar-refractivity contribution in [1.29, 1.82) is 0 Å². The predicted molar refractivity (Wildman–Crippen MR) is 148 cm³/mol. The second kappa shape index (κ2) is 9.44. The van der Waals surface area contributed by atoms with Gasteiger partial charge in [0.2, 0.25) is 0 Å². The summed E-state index contributed by atoms with van der Waals surface area (Å²) in [5, 5.41) is 11.0. The normalized spacial score (nSPS) is 29.9. The molecule has 1 N–H and O–H groups in total. The second-order valence-corrected chi connectivity index (χ2v) is 13.1. The number of allylic oxidation sites excluding steroid dienone is 6. The van der Waals surface area contributed by atoms with Gasteiger partial charge in [-0.15, -0.1) is 0 Å². The summed E-state index contributed by atoms with van der Waals surface area (Å²) >= 11 is 0. The van der Waals surface area contributed by atoms with Crippen molar-refractivity contribution in [3.05, 3.63) is 70.5 Å². The number of hydrogen-bond donors (Lipinski definition) is 1. The number of ketones is 3. The Morgan fingerprint density at radius 1 is 1.03 bits per heavy atom. The molecule has 1 saturated heterocycles. The molecule has 0 radical (unpaired) electrons. The largest absolute Gasteiger partial charge is 0.490 e. The van der Waals surface area contributed by atoms with Gasteiger partial charge in [-0.1, -0.05) is 67.5 Å². The van der Waals surface area contributed by atoms with Crippen LogP contribution in [0.4, 0.5) is 0 Å². The lowest BCUT2D eigenvalue weighted by Gasteiger charge is -2.59. The molecular weight excluding hydrogens is 476 g/mol. The van der Waals surface area contributed by atoms with E-state index < -0.39 is 39.5 Å². The Labute approximate surface area is 227 Å². The molecule has 2 fully saturated rings. The first kappa shape index (κ1) is 28.2. The van der Waals surface area contributed by atoms with Crippen molar-refractivity contribution in [2.75, 3.05) is 0 Å². The highest BCUT2D eigenvalue weighted by molar-refractivity contribution is 6.35. The highest BCUT2D eigenvalue weighted by Crippen LogP contribution is 2.69. The van der Waals surface area contributed by atoms with Crippen molar-refractivity contribution < 1.29 is 24.2 Å². The molecule has 4 atom stereocenters. The maximum Gasteiger partial charge on any atom is 0.200 e. The van der Waals surface area contributed by atoms with Gasteiger partial charge in [0.15, 0.2) is 17.3 Å². The number of fused-ring (bicyclic) bond motifs is 1. The molecule has 5 nitrogen and oxygen atoms in total. The minimum Gasteiger partial charge on any atom is -0.490 e. The van der Waals surface area contributed by atoms with Crippen LogP contribution in [0.15, 0.2) is 65.0 Å². The average Bonchev–Trinajstić information content (AvgIpc) is 3.21. The first-order valence-electron chi connectivity index (χ1n) is 13.7. The van der Waals surface area contributed by atoms with Crippen molar-refractivity contribution in [3.63, 3.8) is 0 Å².